The van der Waals surface area contributed by atoms with Crippen molar-refractivity contribution in [2.24, 2.45) is 0 Å². The predicted octanol–water partition coefficient (Wildman–Crippen LogP) is 4.73. The first-order valence-corrected chi connectivity index (χ1v) is 11.5. The summed E-state index contributed by atoms with van der Waals surface area (Å²) in [5.74, 6) is -0.563. The Kier molecular flexibility index (Phi) is 6.56. The number of hydrogen-bond donors (Lipinski definition) is 1. The molecule has 2 aromatic carbocycles. The van der Waals surface area contributed by atoms with E-state index in [1.807, 2.05) is 51.1 Å². The van der Waals surface area contributed by atoms with Crippen LogP contribution in [0.3, 0.4) is 0 Å². The molecule has 2 saturated heterocycles. The predicted molar refractivity (Wildman–Crippen MR) is 126 cm³/mol. The Balaban J connectivity index is 1.85. The van der Waals surface area contributed by atoms with Crippen LogP contribution in [-0.2, 0) is 14.3 Å². The number of hydrogen-bond acceptors (Lipinski definition) is 5. The molecule has 0 aliphatic carbocycles. The monoisotopic (exact) mass is 449 g/mol. The molecule has 0 spiro atoms. The number of rotatable bonds is 6. The van der Waals surface area contributed by atoms with E-state index in [0.29, 0.717) is 18.7 Å². The summed E-state index contributed by atoms with van der Waals surface area (Å²) in [5, 5.41) is 11.4. The molecule has 2 aliphatic rings. The van der Waals surface area contributed by atoms with Crippen LogP contribution in [0.15, 0.2) is 48.0 Å². The van der Waals surface area contributed by atoms with Crippen LogP contribution in [0.1, 0.15) is 60.9 Å². The molecular weight excluding hydrogens is 418 g/mol. The third-order valence-corrected chi connectivity index (χ3v) is 6.45. The van der Waals surface area contributed by atoms with Crippen LogP contribution < -0.4 is 4.74 Å². The number of ether oxygens (including phenoxy) is 2. The Bertz CT molecular complexity index is 1100. The second-order valence-corrected chi connectivity index (χ2v) is 9.11. The molecule has 6 heteroatoms. The minimum atomic E-state index is -0.668. The van der Waals surface area contributed by atoms with Gasteiger partial charge >= 0.3 is 0 Å². The maximum atomic E-state index is 13.2. The molecule has 2 atom stereocenters. The van der Waals surface area contributed by atoms with Gasteiger partial charge in [-0.1, -0.05) is 43.7 Å². The largest absolute Gasteiger partial charge is 0.507 e. The second-order valence-electron chi connectivity index (χ2n) is 9.11. The Morgan fingerprint density at radius 1 is 1.21 bits per heavy atom. The molecule has 6 nitrogen and oxygen atoms in total. The normalized spacial score (nSPS) is 22.4. The molecule has 0 aromatic heterocycles. The molecule has 2 unspecified atom stereocenters. The van der Waals surface area contributed by atoms with E-state index in [2.05, 4.69) is 0 Å². The number of nitrogens with zero attached hydrogens (tertiary/aromatic N) is 1. The van der Waals surface area contributed by atoms with Gasteiger partial charge in [0.05, 0.1) is 24.8 Å². The quantitative estimate of drug-likeness (QED) is 0.392. The zero-order valence-corrected chi connectivity index (χ0v) is 19.6. The van der Waals surface area contributed by atoms with Gasteiger partial charge in [-0.3, -0.25) is 9.59 Å². The number of likely N-dealkylation sites (tertiary alicyclic amines) is 1. The first-order chi connectivity index (χ1) is 15.8. The maximum absolute atomic E-state index is 13.2. The first kappa shape index (κ1) is 23.1. The maximum Gasteiger partial charge on any atom is 0.295 e. The van der Waals surface area contributed by atoms with E-state index in [1.54, 1.807) is 24.1 Å². The lowest BCUT2D eigenvalue weighted by Gasteiger charge is -2.27. The summed E-state index contributed by atoms with van der Waals surface area (Å²) in [6, 6.07) is 12.4. The molecule has 2 aromatic rings. The molecular formula is C27H31NO5. The molecule has 1 amide bonds. The first-order valence-electron chi connectivity index (χ1n) is 11.5. The number of amides is 1. The topological polar surface area (TPSA) is 76.1 Å². The molecule has 33 heavy (non-hydrogen) atoms. The van der Waals surface area contributed by atoms with Gasteiger partial charge in [0, 0.05) is 18.7 Å². The van der Waals surface area contributed by atoms with Gasteiger partial charge in [0.25, 0.3) is 11.7 Å². The van der Waals surface area contributed by atoms with Crippen LogP contribution in [-0.4, -0.2) is 48.1 Å². The van der Waals surface area contributed by atoms with Gasteiger partial charge in [0.15, 0.2) is 0 Å². The number of benzene rings is 2. The summed E-state index contributed by atoms with van der Waals surface area (Å²) in [7, 11) is 1.61. The van der Waals surface area contributed by atoms with Gasteiger partial charge in [-0.25, -0.2) is 0 Å². The van der Waals surface area contributed by atoms with Crippen molar-refractivity contribution in [3.8, 4) is 5.75 Å². The van der Waals surface area contributed by atoms with Gasteiger partial charge in [-0.2, -0.15) is 0 Å². The highest BCUT2D eigenvalue weighted by Crippen LogP contribution is 2.41. The summed E-state index contributed by atoms with van der Waals surface area (Å²) in [5.41, 5.74) is 3.34. The van der Waals surface area contributed by atoms with Crippen LogP contribution in [0.25, 0.3) is 5.76 Å². The van der Waals surface area contributed by atoms with Crippen molar-refractivity contribution in [1.82, 2.24) is 4.90 Å². The fourth-order valence-corrected chi connectivity index (χ4v) is 4.75. The summed E-state index contributed by atoms with van der Waals surface area (Å²) in [6.07, 6.45) is 1.68. The van der Waals surface area contributed by atoms with Crippen LogP contribution in [0.2, 0.25) is 0 Å². The Morgan fingerprint density at radius 2 is 2.00 bits per heavy atom. The molecule has 174 valence electrons. The molecule has 0 saturated carbocycles. The highest BCUT2D eigenvalue weighted by molar-refractivity contribution is 6.46. The summed E-state index contributed by atoms with van der Waals surface area (Å²) in [4.78, 5) is 27.9. The van der Waals surface area contributed by atoms with Gasteiger partial charge in [-0.05, 0) is 55.0 Å². The number of carbonyl (C=O) groups is 2. The fourth-order valence-electron chi connectivity index (χ4n) is 4.75. The Labute approximate surface area is 194 Å². The van der Waals surface area contributed by atoms with Crippen LogP contribution in [0.5, 0.6) is 5.75 Å². The van der Waals surface area contributed by atoms with Crippen molar-refractivity contribution in [3.63, 3.8) is 0 Å². The van der Waals surface area contributed by atoms with Crippen LogP contribution in [0, 0.1) is 6.92 Å². The molecule has 4 rings (SSSR count). The van der Waals surface area contributed by atoms with Crippen LogP contribution in [0.4, 0.5) is 0 Å². The van der Waals surface area contributed by atoms with E-state index < -0.39 is 17.7 Å². The van der Waals surface area contributed by atoms with Crippen LogP contribution >= 0.6 is 0 Å². The number of methoxy groups -OCH3 is 1. The average molecular weight is 450 g/mol. The molecule has 0 bridgehead atoms. The fraction of sp³-hybridized carbons (Fsp3) is 0.407. The number of aliphatic hydroxyl groups excluding tert-OH is 1. The van der Waals surface area contributed by atoms with Gasteiger partial charge in [0.1, 0.15) is 11.5 Å². The Hall–Kier alpha value is -3.12. The van der Waals surface area contributed by atoms with Crippen molar-refractivity contribution >= 4 is 17.4 Å². The lowest BCUT2D eigenvalue weighted by Crippen LogP contribution is -2.36. The SMILES string of the molecule is COc1ccc(/C(O)=C2/C(=O)C(=O)N(CC3CCCO3)C2c2cccc(C)c2)cc1C(C)C. The zero-order valence-electron chi connectivity index (χ0n) is 19.6. The summed E-state index contributed by atoms with van der Waals surface area (Å²) >= 11 is 0. The van der Waals surface area contributed by atoms with Crippen molar-refractivity contribution in [1.29, 1.82) is 0 Å². The highest BCUT2D eigenvalue weighted by Gasteiger charge is 2.47. The second kappa shape index (κ2) is 9.40. The number of ketones is 1. The molecule has 2 aliphatic heterocycles. The number of Topliss-reactive ketones (excluding diaryl/α,β-unsaturated/α-hetero) is 1. The number of carbonyl (C=O) groups excluding carboxylic acids is 2. The number of aliphatic hydroxyl groups is 1. The lowest BCUT2D eigenvalue weighted by molar-refractivity contribution is -0.140. The standard InChI is InChI=1S/C27H31NO5/c1-16(2)21-14-19(10-11-22(21)32-4)25(29)23-24(18-8-5-7-17(3)13-18)28(27(31)26(23)30)15-20-9-6-12-33-20/h5,7-8,10-11,13-14,16,20,24,29H,6,9,12,15H2,1-4H3/b25-23-. The van der Waals surface area contributed by atoms with Crippen molar-refractivity contribution in [3.05, 3.63) is 70.3 Å². The minimum absolute atomic E-state index is 0.107. The van der Waals surface area contributed by atoms with E-state index >= 15 is 0 Å². The third kappa shape index (κ3) is 4.40. The lowest BCUT2D eigenvalue weighted by atomic mass is 9.92. The molecule has 2 fully saturated rings. The average Bonchev–Trinajstić information content (AvgIpc) is 3.40. The van der Waals surface area contributed by atoms with Gasteiger partial charge < -0.3 is 19.5 Å². The van der Waals surface area contributed by atoms with Crippen molar-refractivity contribution in [2.75, 3.05) is 20.3 Å². The van der Waals surface area contributed by atoms with Crippen molar-refractivity contribution < 1.29 is 24.2 Å². The number of aryl methyl sites for hydroxylation is 1. The Morgan fingerprint density at radius 3 is 2.64 bits per heavy atom. The molecule has 1 N–H and O–H groups in total. The molecule has 0 radical (unpaired) electrons. The summed E-state index contributed by atoms with van der Waals surface area (Å²) < 4.78 is 11.2. The van der Waals surface area contributed by atoms with Gasteiger partial charge in [-0.15, -0.1) is 0 Å². The summed E-state index contributed by atoms with van der Waals surface area (Å²) in [6.45, 7) is 7.02. The van der Waals surface area contributed by atoms with E-state index in [1.165, 1.54) is 0 Å². The smallest absolute Gasteiger partial charge is 0.295 e. The van der Waals surface area contributed by atoms with E-state index in [0.717, 1.165) is 35.3 Å². The van der Waals surface area contributed by atoms with E-state index in [-0.39, 0.29) is 23.4 Å². The molecule has 2 heterocycles. The third-order valence-electron chi connectivity index (χ3n) is 6.45. The van der Waals surface area contributed by atoms with E-state index in [9.17, 15) is 14.7 Å². The van der Waals surface area contributed by atoms with Crippen molar-refractivity contribution in [2.45, 2.75) is 51.7 Å². The van der Waals surface area contributed by atoms with Gasteiger partial charge in [0.2, 0.25) is 0 Å². The highest BCUT2D eigenvalue weighted by atomic mass is 16.5. The zero-order chi connectivity index (χ0) is 23.7. The van der Waals surface area contributed by atoms with E-state index in [4.69, 9.17) is 9.47 Å². The minimum Gasteiger partial charge on any atom is -0.507 e.